The molecule has 0 bridgehead atoms. The third kappa shape index (κ3) is 6.32. The normalized spacial score (nSPS) is 13.0. The number of benzene rings is 2. The predicted molar refractivity (Wildman–Crippen MR) is 100 cm³/mol. The highest BCUT2D eigenvalue weighted by Gasteiger charge is 2.23. The Balaban J connectivity index is 2.02. The molecular weight excluding hydrogens is 338 g/mol. The summed E-state index contributed by atoms with van der Waals surface area (Å²) in [5.41, 5.74) is 2.13. The Morgan fingerprint density at radius 2 is 1.80 bits per heavy atom. The molecule has 6 heteroatoms. The Morgan fingerprint density at radius 3 is 2.36 bits per heavy atom. The van der Waals surface area contributed by atoms with Gasteiger partial charge in [0.2, 0.25) is 0 Å². The number of rotatable bonds is 9. The second kappa shape index (κ2) is 9.96. The summed E-state index contributed by atoms with van der Waals surface area (Å²) in [5, 5.41) is 21.2. The Labute approximate surface area is 152 Å². The molecule has 0 radical (unpaired) electrons. The van der Waals surface area contributed by atoms with Crippen LogP contribution in [0.2, 0.25) is 0 Å². The van der Waals surface area contributed by atoms with Crippen LogP contribution in [0.5, 0.6) is 5.75 Å². The summed E-state index contributed by atoms with van der Waals surface area (Å²) >= 11 is 1.54. The lowest BCUT2D eigenvalue weighted by Gasteiger charge is -2.25. The molecule has 0 fully saturated rings. The minimum absolute atomic E-state index is 0.0986. The smallest absolute Gasteiger partial charge is 0.404 e. The van der Waals surface area contributed by atoms with E-state index in [2.05, 4.69) is 5.32 Å². The lowest BCUT2D eigenvalue weighted by atomic mass is 10.0. The third-order valence-corrected chi connectivity index (χ3v) is 5.26. The second-order valence-corrected chi connectivity index (χ2v) is 6.85. The first-order valence-corrected chi connectivity index (χ1v) is 9.06. The van der Waals surface area contributed by atoms with E-state index in [4.69, 9.17) is 9.84 Å². The quantitative estimate of drug-likeness (QED) is 0.639. The molecule has 134 valence electrons. The average Bonchev–Trinajstić information content (AvgIpc) is 2.63. The molecule has 2 atom stereocenters. The van der Waals surface area contributed by atoms with Crippen molar-refractivity contribution in [2.24, 2.45) is 0 Å². The number of ether oxygens (including phenoxy) is 1. The molecule has 1 unspecified atom stereocenters. The summed E-state index contributed by atoms with van der Waals surface area (Å²) in [6.45, 7) is -0.0986. The lowest BCUT2D eigenvalue weighted by molar-refractivity contribution is 0.186. The largest absolute Gasteiger partial charge is 0.497 e. The minimum atomic E-state index is -1.08. The molecule has 5 nitrogen and oxygen atoms in total. The van der Waals surface area contributed by atoms with Gasteiger partial charge in [0.05, 0.1) is 19.8 Å². The maximum absolute atomic E-state index is 11.1. The van der Waals surface area contributed by atoms with Crippen LogP contribution in [-0.4, -0.2) is 41.3 Å². The molecule has 2 aromatic carbocycles. The summed E-state index contributed by atoms with van der Waals surface area (Å²) < 4.78 is 5.14. The van der Waals surface area contributed by atoms with Crippen molar-refractivity contribution in [3.8, 4) is 5.75 Å². The molecule has 3 N–H and O–H groups in total. The van der Waals surface area contributed by atoms with Crippen molar-refractivity contribution in [2.45, 2.75) is 23.5 Å². The molecule has 0 aliphatic heterocycles. The number of hydrogen-bond acceptors (Lipinski definition) is 4. The molecule has 25 heavy (non-hydrogen) atoms. The predicted octanol–water partition coefficient (Wildman–Crippen LogP) is 3.17. The molecule has 0 aliphatic carbocycles. The molecule has 2 rings (SSSR count). The Morgan fingerprint density at radius 1 is 1.12 bits per heavy atom. The van der Waals surface area contributed by atoms with Crippen molar-refractivity contribution in [1.29, 1.82) is 0 Å². The maximum Gasteiger partial charge on any atom is 0.404 e. The van der Waals surface area contributed by atoms with Gasteiger partial charge in [0.15, 0.2) is 0 Å². The van der Waals surface area contributed by atoms with Crippen LogP contribution < -0.4 is 10.1 Å². The first-order valence-electron chi connectivity index (χ1n) is 8.01. The monoisotopic (exact) mass is 361 g/mol. The topological polar surface area (TPSA) is 78.8 Å². The van der Waals surface area contributed by atoms with Gasteiger partial charge in [-0.2, -0.15) is 0 Å². The van der Waals surface area contributed by atoms with Crippen LogP contribution in [0.4, 0.5) is 4.79 Å². The molecule has 1 amide bonds. The number of aliphatic hydroxyl groups is 1. The SMILES string of the molecule is COc1ccc(CSC(CO)[C@H](Cc2ccccc2)NC(=O)O)cc1. The van der Waals surface area contributed by atoms with E-state index in [1.165, 1.54) is 0 Å². The summed E-state index contributed by atoms with van der Waals surface area (Å²) in [7, 11) is 1.62. The molecule has 2 aromatic rings. The third-order valence-electron chi connectivity index (χ3n) is 3.86. The lowest BCUT2D eigenvalue weighted by Crippen LogP contribution is -2.44. The fourth-order valence-electron chi connectivity index (χ4n) is 2.52. The fourth-order valence-corrected chi connectivity index (χ4v) is 3.62. The molecule has 0 saturated carbocycles. The number of thioether (sulfide) groups is 1. The van der Waals surface area contributed by atoms with Crippen LogP contribution >= 0.6 is 11.8 Å². The molecule has 0 saturated heterocycles. The van der Waals surface area contributed by atoms with Crippen LogP contribution in [0.1, 0.15) is 11.1 Å². The molecule has 0 aliphatic rings. The second-order valence-electron chi connectivity index (χ2n) is 5.63. The van der Waals surface area contributed by atoms with Gasteiger partial charge in [-0.25, -0.2) is 4.79 Å². The van der Waals surface area contributed by atoms with Crippen molar-refractivity contribution in [3.63, 3.8) is 0 Å². The summed E-state index contributed by atoms with van der Waals surface area (Å²) in [6.07, 6.45) is -0.544. The zero-order chi connectivity index (χ0) is 18.1. The number of methoxy groups -OCH3 is 1. The fraction of sp³-hybridized carbons (Fsp3) is 0.316. The van der Waals surface area contributed by atoms with E-state index in [0.29, 0.717) is 12.2 Å². The molecular formula is C19H23NO4S. The Bertz CT molecular complexity index is 648. The minimum Gasteiger partial charge on any atom is -0.497 e. The first-order chi connectivity index (χ1) is 12.1. The van der Waals surface area contributed by atoms with E-state index < -0.39 is 6.09 Å². The zero-order valence-electron chi connectivity index (χ0n) is 14.1. The standard InChI is InChI=1S/C19H23NO4S/c1-24-16-9-7-15(8-10-16)13-25-18(12-21)17(20-19(22)23)11-14-5-3-2-4-6-14/h2-10,17-18,20-21H,11-13H2,1H3,(H,22,23)/t17-,18?/m0/s1. The van der Waals surface area contributed by atoms with Crippen LogP contribution in [-0.2, 0) is 12.2 Å². The van der Waals surface area contributed by atoms with Gasteiger partial charge in [0, 0.05) is 11.0 Å². The zero-order valence-corrected chi connectivity index (χ0v) is 14.9. The van der Waals surface area contributed by atoms with Gasteiger partial charge in [-0.3, -0.25) is 0 Å². The maximum atomic E-state index is 11.1. The average molecular weight is 361 g/mol. The van der Waals surface area contributed by atoms with E-state index in [9.17, 15) is 9.90 Å². The van der Waals surface area contributed by atoms with Gasteiger partial charge in [0.25, 0.3) is 0 Å². The highest BCUT2D eigenvalue weighted by molar-refractivity contribution is 7.99. The van der Waals surface area contributed by atoms with Gasteiger partial charge in [-0.15, -0.1) is 11.8 Å². The first kappa shape index (κ1) is 19.1. The molecule has 0 heterocycles. The number of carboxylic acid groups (broad SMARTS) is 1. The number of amides is 1. The van der Waals surface area contributed by atoms with E-state index in [1.807, 2.05) is 54.6 Å². The Hall–Kier alpha value is -2.18. The van der Waals surface area contributed by atoms with Crippen molar-refractivity contribution >= 4 is 17.9 Å². The van der Waals surface area contributed by atoms with Gasteiger partial charge in [-0.1, -0.05) is 42.5 Å². The number of hydrogen-bond donors (Lipinski definition) is 3. The van der Waals surface area contributed by atoms with Gasteiger partial charge < -0.3 is 20.3 Å². The van der Waals surface area contributed by atoms with Gasteiger partial charge in [0.1, 0.15) is 5.75 Å². The van der Waals surface area contributed by atoms with Gasteiger partial charge >= 0.3 is 6.09 Å². The van der Waals surface area contributed by atoms with Crippen molar-refractivity contribution < 1.29 is 19.7 Å². The highest BCUT2D eigenvalue weighted by Crippen LogP contribution is 2.23. The number of aliphatic hydroxyl groups excluding tert-OH is 1. The number of carbonyl (C=O) groups is 1. The summed E-state index contributed by atoms with van der Waals surface area (Å²) in [6, 6.07) is 17.0. The molecule has 0 spiro atoms. The van der Waals surface area contributed by atoms with E-state index >= 15 is 0 Å². The van der Waals surface area contributed by atoms with E-state index in [1.54, 1.807) is 18.9 Å². The summed E-state index contributed by atoms with van der Waals surface area (Å²) in [5.74, 6) is 1.48. The van der Waals surface area contributed by atoms with E-state index in [-0.39, 0.29) is 17.9 Å². The summed E-state index contributed by atoms with van der Waals surface area (Å²) in [4.78, 5) is 11.1. The van der Waals surface area contributed by atoms with Crippen molar-refractivity contribution in [2.75, 3.05) is 13.7 Å². The van der Waals surface area contributed by atoms with Crippen LogP contribution in [0.15, 0.2) is 54.6 Å². The number of nitrogens with one attached hydrogen (secondary N) is 1. The van der Waals surface area contributed by atoms with Crippen LogP contribution in [0, 0.1) is 0 Å². The van der Waals surface area contributed by atoms with Gasteiger partial charge in [-0.05, 0) is 29.7 Å². The Kier molecular flexibility index (Phi) is 7.63. The van der Waals surface area contributed by atoms with Crippen LogP contribution in [0.3, 0.4) is 0 Å². The van der Waals surface area contributed by atoms with Crippen molar-refractivity contribution in [1.82, 2.24) is 5.32 Å². The van der Waals surface area contributed by atoms with E-state index in [0.717, 1.165) is 16.9 Å². The molecule has 0 aromatic heterocycles. The highest BCUT2D eigenvalue weighted by atomic mass is 32.2. The van der Waals surface area contributed by atoms with Crippen LogP contribution in [0.25, 0.3) is 0 Å². The van der Waals surface area contributed by atoms with Crippen molar-refractivity contribution in [3.05, 3.63) is 65.7 Å².